The van der Waals surface area contributed by atoms with Gasteiger partial charge < -0.3 is 14.2 Å². The topological polar surface area (TPSA) is 27.7 Å². The molecule has 5 heteroatoms. The van der Waals surface area contributed by atoms with Crippen LogP contribution in [0.3, 0.4) is 0 Å². The summed E-state index contributed by atoms with van der Waals surface area (Å²) in [6, 6.07) is 6.01. The van der Waals surface area contributed by atoms with Crippen molar-refractivity contribution in [2.24, 2.45) is 5.92 Å². The van der Waals surface area contributed by atoms with E-state index in [1.54, 1.807) is 7.11 Å². The van der Waals surface area contributed by atoms with Crippen molar-refractivity contribution in [2.75, 3.05) is 26.9 Å². The lowest BCUT2D eigenvalue weighted by molar-refractivity contribution is 0.105. The first-order valence-electron chi connectivity index (χ1n) is 6.80. The molecule has 0 aliphatic carbocycles. The van der Waals surface area contributed by atoms with E-state index in [0.29, 0.717) is 19.1 Å². The number of halogens is 2. The van der Waals surface area contributed by atoms with Crippen LogP contribution in [0.1, 0.15) is 24.3 Å². The molecule has 1 aromatic carbocycles. The molecule has 112 valence electrons. The highest BCUT2D eigenvalue weighted by Crippen LogP contribution is 2.40. The molecule has 1 aromatic rings. The molecule has 2 rings (SSSR count). The lowest BCUT2D eigenvalue weighted by atomic mass is 9.93. The predicted molar refractivity (Wildman–Crippen MR) is 83.6 cm³/mol. The lowest BCUT2D eigenvalue weighted by Gasteiger charge is -2.21. The average molecular weight is 364 g/mol. The molecule has 0 radical (unpaired) electrons. The standard InChI is InChI=1S/C15H20BrClO3/c1-10-12(5-6-19-10)15(17)11-3-4-14(13(16)9-11)20-8-7-18-2/h3-4,9-10,12,15H,5-8H2,1-2H3. The summed E-state index contributed by atoms with van der Waals surface area (Å²) < 4.78 is 17.1. The Bertz CT molecular complexity index is 441. The van der Waals surface area contributed by atoms with Crippen molar-refractivity contribution in [1.29, 1.82) is 0 Å². The summed E-state index contributed by atoms with van der Waals surface area (Å²) in [5.41, 5.74) is 1.10. The molecular weight excluding hydrogens is 344 g/mol. The van der Waals surface area contributed by atoms with Gasteiger partial charge >= 0.3 is 0 Å². The molecule has 0 saturated carbocycles. The fraction of sp³-hybridized carbons (Fsp3) is 0.600. The first-order valence-corrected chi connectivity index (χ1v) is 8.03. The van der Waals surface area contributed by atoms with Crippen LogP contribution in [-0.2, 0) is 9.47 Å². The second-order valence-corrected chi connectivity index (χ2v) is 6.29. The number of hydrogen-bond donors (Lipinski definition) is 0. The summed E-state index contributed by atoms with van der Waals surface area (Å²) in [5, 5.41) is -0.0307. The molecule has 0 spiro atoms. The number of ether oxygens (including phenoxy) is 3. The van der Waals surface area contributed by atoms with Gasteiger partial charge in [-0.2, -0.15) is 0 Å². The van der Waals surface area contributed by atoms with Crippen molar-refractivity contribution in [2.45, 2.75) is 24.8 Å². The van der Waals surface area contributed by atoms with E-state index in [2.05, 4.69) is 22.9 Å². The Kier molecular flexibility index (Phi) is 6.15. The highest BCUT2D eigenvalue weighted by Gasteiger charge is 2.31. The van der Waals surface area contributed by atoms with Crippen LogP contribution in [0.5, 0.6) is 5.75 Å². The molecule has 0 aromatic heterocycles. The Morgan fingerprint density at radius 3 is 2.85 bits per heavy atom. The van der Waals surface area contributed by atoms with Crippen LogP contribution in [0.4, 0.5) is 0 Å². The molecule has 3 unspecified atom stereocenters. The van der Waals surface area contributed by atoms with Crippen LogP contribution in [-0.4, -0.2) is 33.0 Å². The first-order chi connectivity index (χ1) is 9.63. The zero-order chi connectivity index (χ0) is 14.5. The van der Waals surface area contributed by atoms with Gasteiger partial charge in [0.15, 0.2) is 0 Å². The zero-order valence-corrected chi connectivity index (χ0v) is 14.1. The Morgan fingerprint density at radius 1 is 1.45 bits per heavy atom. The van der Waals surface area contributed by atoms with E-state index in [1.165, 1.54) is 0 Å². The van der Waals surface area contributed by atoms with Crippen molar-refractivity contribution in [3.8, 4) is 5.75 Å². The molecule has 1 saturated heterocycles. The number of hydrogen-bond acceptors (Lipinski definition) is 3. The Balaban J connectivity index is 2.04. The van der Waals surface area contributed by atoms with Crippen LogP contribution in [0.25, 0.3) is 0 Å². The maximum Gasteiger partial charge on any atom is 0.133 e. The second-order valence-electron chi connectivity index (χ2n) is 4.96. The minimum absolute atomic E-state index is 0.0307. The quantitative estimate of drug-likeness (QED) is 0.560. The van der Waals surface area contributed by atoms with Gasteiger partial charge in [-0.1, -0.05) is 6.07 Å². The Morgan fingerprint density at radius 2 is 2.25 bits per heavy atom. The summed E-state index contributed by atoms with van der Waals surface area (Å²) in [7, 11) is 1.66. The van der Waals surface area contributed by atoms with Gasteiger partial charge in [0.2, 0.25) is 0 Å². The third kappa shape index (κ3) is 3.88. The molecule has 1 heterocycles. The van der Waals surface area contributed by atoms with Crippen molar-refractivity contribution in [3.05, 3.63) is 28.2 Å². The number of alkyl halides is 1. The summed E-state index contributed by atoms with van der Waals surface area (Å²) in [6.45, 7) is 3.99. The van der Waals surface area contributed by atoms with Gasteiger partial charge in [-0.05, 0) is 47.0 Å². The normalized spacial score (nSPS) is 23.8. The summed E-state index contributed by atoms with van der Waals surface area (Å²) in [6.07, 6.45) is 1.23. The highest BCUT2D eigenvalue weighted by atomic mass is 79.9. The molecule has 20 heavy (non-hydrogen) atoms. The highest BCUT2D eigenvalue weighted by molar-refractivity contribution is 9.10. The Labute approximate surface area is 133 Å². The molecule has 0 N–H and O–H groups in total. The van der Waals surface area contributed by atoms with E-state index in [-0.39, 0.29) is 11.5 Å². The van der Waals surface area contributed by atoms with E-state index in [4.69, 9.17) is 25.8 Å². The minimum Gasteiger partial charge on any atom is -0.490 e. The van der Waals surface area contributed by atoms with E-state index < -0.39 is 0 Å². The van der Waals surface area contributed by atoms with Gasteiger partial charge in [0.1, 0.15) is 12.4 Å². The van der Waals surface area contributed by atoms with Crippen molar-refractivity contribution < 1.29 is 14.2 Å². The van der Waals surface area contributed by atoms with Crippen LogP contribution in [0.2, 0.25) is 0 Å². The van der Waals surface area contributed by atoms with Crippen LogP contribution < -0.4 is 4.74 Å². The molecule has 0 bridgehead atoms. The van der Waals surface area contributed by atoms with E-state index in [9.17, 15) is 0 Å². The minimum atomic E-state index is -0.0307. The predicted octanol–water partition coefficient (Wildman–Crippen LogP) is 4.18. The summed E-state index contributed by atoms with van der Waals surface area (Å²) in [4.78, 5) is 0. The molecule has 1 aliphatic rings. The van der Waals surface area contributed by atoms with E-state index >= 15 is 0 Å². The molecule has 1 fully saturated rings. The molecule has 3 atom stereocenters. The third-order valence-corrected chi connectivity index (χ3v) is 4.83. The SMILES string of the molecule is COCCOc1ccc(C(Cl)C2CCOC2C)cc1Br. The summed E-state index contributed by atoms with van der Waals surface area (Å²) >= 11 is 10.1. The van der Waals surface area contributed by atoms with Crippen LogP contribution in [0, 0.1) is 5.92 Å². The maximum absolute atomic E-state index is 6.60. The molecule has 1 aliphatic heterocycles. The van der Waals surface area contributed by atoms with Gasteiger partial charge in [-0.15, -0.1) is 11.6 Å². The van der Waals surface area contributed by atoms with Gasteiger partial charge in [0.25, 0.3) is 0 Å². The van der Waals surface area contributed by atoms with Gasteiger partial charge in [0, 0.05) is 19.6 Å². The van der Waals surface area contributed by atoms with Gasteiger partial charge in [0.05, 0.1) is 22.6 Å². The van der Waals surface area contributed by atoms with Crippen LogP contribution in [0.15, 0.2) is 22.7 Å². The smallest absolute Gasteiger partial charge is 0.133 e. The number of rotatable bonds is 6. The monoisotopic (exact) mass is 362 g/mol. The van der Waals surface area contributed by atoms with Crippen molar-refractivity contribution >= 4 is 27.5 Å². The molecule has 0 amide bonds. The maximum atomic E-state index is 6.60. The first kappa shape index (κ1) is 16.1. The zero-order valence-electron chi connectivity index (χ0n) is 11.8. The third-order valence-electron chi connectivity index (χ3n) is 3.63. The largest absolute Gasteiger partial charge is 0.490 e. The van der Waals surface area contributed by atoms with Crippen LogP contribution >= 0.6 is 27.5 Å². The van der Waals surface area contributed by atoms with E-state index in [0.717, 1.165) is 28.8 Å². The summed E-state index contributed by atoms with van der Waals surface area (Å²) in [5.74, 6) is 1.18. The van der Waals surface area contributed by atoms with E-state index in [1.807, 2.05) is 18.2 Å². The van der Waals surface area contributed by atoms with Crippen molar-refractivity contribution in [1.82, 2.24) is 0 Å². The Hall–Kier alpha value is -0.290. The number of methoxy groups -OCH3 is 1. The average Bonchev–Trinajstić information content (AvgIpc) is 2.86. The second kappa shape index (κ2) is 7.64. The number of benzene rings is 1. The van der Waals surface area contributed by atoms with Crippen molar-refractivity contribution in [3.63, 3.8) is 0 Å². The lowest BCUT2D eigenvalue weighted by Crippen LogP contribution is -2.16. The molecule has 3 nitrogen and oxygen atoms in total. The fourth-order valence-corrected chi connectivity index (χ4v) is 3.40. The van der Waals surface area contributed by atoms with Gasteiger partial charge in [-0.3, -0.25) is 0 Å². The molecular formula is C15H20BrClO3. The van der Waals surface area contributed by atoms with Gasteiger partial charge in [-0.25, -0.2) is 0 Å². The fourth-order valence-electron chi connectivity index (χ4n) is 2.42.